The van der Waals surface area contributed by atoms with Gasteiger partial charge in [0.15, 0.2) is 0 Å². The number of amides is 2. The van der Waals surface area contributed by atoms with Crippen LogP contribution in [-0.2, 0) is 14.8 Å². The molecule has 0 radical (unpaired) electrons. The molecule has 1 aromatic carbocycles. The van der Waals surface area contributed by atoms with E-state index in [1.807, 2.05) is 0 Å². The highest BCUT2D eigenvalue weighted by molar-refractivity contribution is 7.89. The van der Waals surface area contributed by atoms with Gasteiger partial charge in [0.1, 0.15) is 0 Å². The maximum atomic E-state index is 13.3. The second-order valence-electron chi connectivity index (χ2n) is 11.2. The van der Waals surface area contributed by atoms with Gasteiger partial charge in [0, 0.05) is 44.7 Å². The number of hydrogen-bond donors (Lipinski definition) is 1. The van der Waals surface area contributed by atoms with Crippen molar-refractivity contribution in [3.63, 3.8) is 0 Å². The zero-order chi connectivity index (χ0) is 24.1. The zero-order valence-corrected chi connectivity index (χ0v) is 21.1. The molecule has 6 rings (SSSR count). The summed E-state index contributed by atoms with van der Waals surface area (Å²) < 4.78 is 27.9. The molecule has 1 aromatic rings. The van der Waals surface area contributed by atoms with E-state index in [0.29, 0.717) is 18.7 Å². The summed E-state index contributed by atoms with van der Waals surface area (Å²) in [5.41, 5.74) is 0.603. The lowest BCUT2D eigenvalue weighted by molar-refractivity contribution is -0.129. The van der Waals surface area contributed by atoms with Crippen LogP contribution in [-0.4, -0.2) is 61.7 Å². The summed E-state index contributed by atoms with van der Waals surface area (Å²) in [6.45, 7) is 4.96. The van der Waals surface area contributed by atoms with Crippen LogP contribution in [0.5, 0.6) is 0 Å². The summed E-state index contributed by atoms with van der Waals surface area (Å²) in [5, 5.41) is 3.32. The van der Waals surface area contributed by atoms with E-state index in [2.05, 4.69) is 12.2 Å². The highest BCUT2D eigenvalue weighted by atomic mass is 32.2. The largest absolute Gasteiger partial charge is 0.349 e. The van der Waals surface area contributed by atoms with Gasteiger partial charge in [-0.25, -0.2) is 8.42 Å². The summed E-state index contributed by atoms with van der Waals surface area (Å²) >= 11 is 0. The Hall–Kier alpha value is -1.93. The van der Waals surface area contributed by atoms with Crippen LogP contribution in [0.4, 0.5) is 0 Å². The molecule has 0 unspecified atom stereocenters. The van der Waals surface area contributed by atoms with Crippen LogP contribution < -0.4 is 5.32 Å². The first-order chi connectivity index (χ1) is 16.2. The third kappa shape index (κ3) is 4.28. The Bertz CT molecular complexity index is 1030. The first kappa shape index (κ1) is 23.8. The topological polar surface area (TPSA) is 86.8 Å². The van der Waals surface area contributed by atoms with Crippen molar-refractivity contribution in [2.45, 2.75) is 69.7 Å². The third-order valence-corrected chi connectivity index (χ3v) is 10.9. The Morgan fingerprint density at radius 1 is 1.03 bits per heavy atom. The lowest BCUT2D eigenvalue weighted by Crippen LogP contribution is -2.56. The van der Waals surface area contributed by atoms with Gasteiger partial charge >= 0.3 is 0 Å². The van der Waals surface area contributed by atoms with Crippen LogP contribution in [0.1, 0.15) is 69.2 Å². The highest BCUT2D eigenvalue weighted by Gasteiger charge is 2.54. The Morgan fingerprint density at radius 3 is 2.15 bits per heavy atom. The van der Waals surface area contributed by atoms with E-state index < -0.39 is 10.0 Å². The molecule has 1 aliphatic heterocycles. The predicted octanol–water partition coefficient (Wildman–Crippen LogP) is 3.26. The second-order valence-corrected chi connectivity index (χ2v) is 13.1. The van der Waals surface area contributed by atoms with Crippen molar-refractivity contribution in [2.24, 2.45) is 23.2 Å². The molecule has 4 saturated carbocycles. The van der Waals surface area contributed by atoms with Crippen molar-refractivity contribution >= 4 is 21.8 Å². The molecule has 5 fully saturated rings. The molecule has 0 aromatic heterocycles. The van der Waals surface area contributed by atoms with Crippen molar-refractivity contribution < 1.29 is 18.0 Å². The van der Waals surface area contributed by atoms with Gasteiger partial charge < -0.3 is 10.2 Å². The summed E-state index contributed by atoms with van der Waals surface area (Å²) in [6.07, 6.45) is 8.66. The van der Waals surface area contributed by atoms with Gasteiger partial charge in [0.05, 0.1) is 4.90 Å². The lowest BCUT2D eigenvalue weighted by atomic mass is 9.47. The maximum Gasteiger partial charge on any atom is 0.251 e. The van der Waals surface area contributed by atoms with Crippen molar-refractivity contribution in [3.05, 3.63) is 29.8 Å². The molecule has 34 heavy (non-hydrogen) atoms. The minimum absolute atomic E-state index is 0.0415. The van der Waals surface area contributed by atoms with Crippen molar-refractivity contribution in [1.82, 2.24) is 14.5 Å². The van der Waals surface area contributed by atoms with E-state index in [0.717, 1.165) is 24.2 Å². The molecule has 4 bridgehead atoms. The predicted molar refractivity (Wildman–Crippen MR) is 130 cm³/mol. The summed E-state index contributed by atoms with van der Waals surface area (Å²) in [7, 11) is -3.72. The van der Waals surface area contributed by atoms with Gasteiger partial charge in [0.25, 0.3) is 5.91 Å². The molecule has 7 nitrogen and oxygen atoms in total. The van der Waals surface area contributed by atoms with E-state index in [4.69, 9.17) is 0 Å². The van der Waals surface area contributed by atoms with Crippen LogP contribution in [0.2, 0.25) is 0 Å². The number of nitrogens with one attached hydrogen (secondary N) is 1. The number of carbonyl (C=O) groups excluding carboxylic acids is 2. The summed E-state index contributed by atoms with van der Waals surface area (Å²) in [5.74, 6) is 2.22. The minimum Gasteiger partial charge on any atom is -0.349 e. The number of rotatable bonds is 6. The molecule has 8 heteroatoms. The van der Waals surface area contributed by atoms with Gasteiger partial charge in [-0.15, -0.1) is 0 Å². The quantitative estimate of drug-likeness (QED) is 0.667. The zero-order valence-electron chi connectivity index (χ0n) is 20.3. The molecular formula is C26H37N3O4S. The Morgan fingerprint density at radius 2 is 1.62 bits per heavy atom. The number of piperazine rings is 1. The van der Waals surface area contributed by atoms with Crippen LogP contribution in [0.25, 0.3) is 0 Å². The number of benzene rings is 1. The molecule has 0 spiro atoms. The van der Waals surface area contributed by atoms with Crippen molar-refractivity contribution in [2.75, 3.05) is 26.2 Å². The van der Waals surface area contributed by atoms with Crippen LogP contribution >= 0.6 is 0 Å². The van der Waals surface area contributed by atoms with Gasteiger partial charge in [-0.05, 0) is 86.3 Å². The molecule has 1 saturated heterocycles. The standard InChI is InChI=1S/C26H37N3O4S/c1-3-24(26-15-19-11-20(16-26)13-21(12-19)17-26)27-25(31)22-5-4-6-23(14-22)34(32,33)29-9-7-28(8-10-29)18(2)30/h4-6,14,19-21,24H,3,7-13,15-17H2,1-2H3,(H,27,31)/t19?,20?,21?,24-,26?/m1/s1. The van der Waals surface area contributed by atoms with E-state index in [9.17, 15) is 18.0 Å². The second kappa shape index (κ2) is 8.94. The molecule has 4 aliphatic carbocycles. The fraction of sp³-hybridized carbons (Fsp3) is 0.692. The Balaban J connectivity index is 1.30. The normalized spacial score (nSPS) is 31.9. The van der Waals surface area contributed by atoms with E-state index >= 15 is 0 Å². The summed E-state index contributed by atoms with van der Waals surface area (Å²) in [6, 6.07) is 6.55. The molecule has 1 atom stereocenters. The molecule has 1 heterocycles. The first-order valence-corrected chi connectivity index (χ1v) is 14.3. The van der Waals surface area contributed by atoms with Gasteiger partial charge in [-0.1, -0.05) is 13.0 Å². The SMILES string of the molecule is CC[C@@H](NC(=O)c1cccc(S(=O)(=O)N2CCN(C(C)=O)CC2)c1)C12CC3CC(CC(C3)C1)C2. The number of hydrogen-bond acceptors (Lipinski definition) is 4. The van der Waals surface area contributed by atoms with Crippen molar-refractivity contribution in [1.29, 1.82) is 0 Å². The van der Waals surface area contributed by atoms with Crippen LogP contribution in [0.15, 0.2) is 29.2 Å². The van der Waals surface area contributed by atoms with Crippen molar-refractivity contribution in [3.8, 4) is 0 Å². The smallest absolute Gasteiger partial charge is 0.251 e. The van der Waals surface area contributed by atoms with Crippen LogP contribution in [0.3, 0.4) is 0 Å². The minimum atomic E-state index is -3.72. The Kier molecular flexibility index (Phi) is 6.25. The molecule has 186 valence electrons. The maximum absolute atomic E-state index is 13.3. The molecular weight excluding hydrogens is 450 g/mol. The fourth-order valence-corrected chi connectivity index (χ4v) is 9.19. The number of nitrogens with zero attached hydrogens (tertiary/aromatic N) is 2. The number of sulfonamides is 1. The lowest BCUT2D eigenvalue weighted by Gasteiger charge is -2.59. The van der Waals surface area contributed by atoms with Gasteiger partial charge in [-0.3, -0.25) is 9.59 Å². The average Bonchev–Trinajstić information content (AvgIpc) is 2.81. The third-order valence-electron chi connectivity index (χ3n) is 8.96. The van der Waals surface area contributed by atoms with Gasteiger partial charge in [0.2, 0.25) is 15.9 Å². The highest BCUT2D eigenvalue weighted by Crippen LogP contribution is 2.61. The fourth-order valence-electron chi connectivity index (χ4n) is 7.72. The van der Waals surface area contributed by atoms with Crippen LogP contribution in [0, 0.1) is 23.2 Å². The molecule has 5 aliphatic rings. The van der Waals surface area contributed by atoms with Gasteiger partial charge in [-0.2, -0.15) is 4.31 Å². The van der Waals surface area contributed by atoms with E-state index in [1.54, 1.807) is 23.1 Å². The Labute approximate surface area is 203 Å². The first-order valence-electron chi connectivity index (χ1n) is 12.9. The van der Waals surface area contributed by atoms with E-state index in [-0.39, 0.29) is 41.3 Å². The average molecular weight is 488 g/mol. The summed E-state index contributed by atoms with van der Waals surface area (Å²) in [4.78, 5) is 26.7. The monoisotopic (exact) mass is 487 g/mol. The van der Waals surface area contributed by atoms with E-state index in [1.165, 1.54) is 55.8 Å². The number of carbonyl (C=O) groups is 2. The molecule has 2 amide bonds. The molecule has 1 N–H and O–H groups in total.